The molecule has 5 heteroatoms. The molecule has 0 spiro atoms. The average Bonchev–Trinajstić information content (AvgIpc) is 2.64. The zero-order chi connectivity index (χ0) is 18.7. The predicted octanol–water partition coefficient (Wildman–Crippen LogP) is 3.99. The maximum absolute atomic E-state index is 13.1. The largest absolute Gasteiger partial charge is 0.329 e. The number of carbonyl (C=O) groups excluding carboxylic acids is 1. The second kappa shape index (κ2) is 7.85. The molecule has 0 amide bonds. The molecule has 0 aliphatic heterocycles. The first kappa shape index (κ1) is 18.4. The number of nitrogens with zero attached hydrogens (tertiary/aromatic N) is 1. The van der Waals surface area contributed by atoms with Crippen LogP contribution in [0.2, 0.25) is 5.02 Å². The van der Waals surface area contributed by atoms with E-state index >= 15 is 0 Å². The summed E-state index contributed by atoms with van der Waals surface area (Å²) in [6.07, 6.45) is 1.81. The maximum Gasteiger partial charge on any atom is 0.255 e. The van der Waals surface area contributed by atoms with Gasteiger partial charge in [-0.3, -0.25) is 14.5 Å². The molecular weight excluding hydrogens is 348 g/mol. The van der Waals surface area contributed by atoms with E-state index in [4.69, 9.17) is 11.6 Å². The number of likely N-dealkylation sites (N-methyl/N-ethyl adjacent to an activating group) is 1. The van der Waals surface area contributed by atoms with E-state index in [2.05, 4.69) is 4.98 Å². The number of ketones is 1. The van der Waals surface area contributed by atoms with E-state index in [1.54, 1.807) is 12.3 Å². The number of Topliss-reactive ketones (excluding diaryl/α,β-unsaturated/α-hetero) is 1. The zero-order valence-corrected chi connectivity index (χ0v) is 15.6. The molecule has 1 aromatic heterocycles. The van der Waals surface area contributed by atoms with Gasteiger partial charge in [0.15, 0.2) is 5.78 Å². The van der Waals surface area contributed by atoms with Crippen LogP contribution in [0.25, 0.3) is 10.8 Å². The number of aromatic nitrogens is 1. The fourth-order valence-corrected chi connectivity index (χ4v) is 3.41. The molecule has 1 N–H and O–H groups in total. The number of hydrogen-bond acceptors (Lipinski definition) is 3. The summed E-state index contributed by atoms with van der Waals surface area (Å²) in [4.78, 5) is 29.7. The summed E-state index contributed by atoms with van der Waals surface area (Å²) in [6.45, 7) is 2.78. The van der Waals surface area contributed by atoms with Crippen LogP contribution in [-0.2, 0) is 11.2 Å². The summed E-state index contributed by atoms with van der Waals surface area (Å²) in [6, 6.07) is 14.7. The summed E-state index contributed by atoms with van der Waals surface area (Å²) in [7, 11) is 1.94. The van der Waals surface area contributed by atoms with Gasteiger partial charge < -0.3 is 4.98 Å². The van der Waals surface area contributed by atoms with Gasteiger partial charge in [0.2, 0.25) is 0 Å². The number of carbonyl (C=O) groups is 1. The molecule has 26 heavy (non-hydrogen) atoms. The highest BCUT2D eigenvalue weighted by Gasteiger charge is 2.24. The third kappa shape index (κ3) is 3.71. The highest BCUT2D eigenvalue weighted by Crippen LogP contribution is 2.26. The minimum absolute atomic E-state index is 0.0756. The molecule has 0 bridgehead atoms. The summed E-state index contributed by atoms with van der Waals surface area (Å²) >= 11 is 6.36. The van der Waals surface area contributed by atoms with Crippen LogP contribution >= 0.6 is 11.6 Å². The molecule has 3 aromatic rings. The Labute approximate surface area is 157 Å². The number of pyridine rings is 1. The first-order valence-electron chi connectivity index (χ1n) is 8.59. The molecular formula is C21H21ClN2O2. The van der Waals surface area contributed by atoms with Crippen LogP contribution in [0.15, 0.2) is 59.5 Å². The minimum Gasteiger partial charge on any atom is -0.329 e. The summed E-state index contributed by atoms with van der Waals surface area (Å²) < 4.78 is 0. The Morgan fingerprint density at radius 3 is 2.62 bits per heavy atom. The van der Waals surface area contributed by atoms with Gasteiger partial charge in [-0.05, 0) is 48.3 Å². The molecule has 2 aromatic carbocycles. The van der Waals surface area contributed by atoms with Crippen molar-refractivity contribution in [2.75, 3.05) is 13.6 Å². The number of aromatic amines is 1. The van der Waals surface area contributed by atoms with Crippen LogP contribution in [-0.4, -0.2) is 29.3 Å². The van der Waals surface area contributed by atoms with E-state index in [9.17, 15) is 9.59 Å². The Hall–Kier alpha value is -2.43. The van der Waals surface area contributed by atoms with Crippen LogP contribution in [0.3, 0.4) is 0 Å². The Morgan fingerprint density at radius 1 is 1.19 bits per heavy atom. The lowest BCUT2D eigenvalue weighted by molar-refractivity contribution is -0.123. The lowest BCUT2D eigenvalue weighted by Gasteiger charge is -2.26. The van der Waals surface area contributed by atoms with E-state index in [0.717, 1.165) is 23.1 Å². The molecule has 1 heterocycles. The smallest absolute Gasteiger partial charge is 0.255 e. The Kier molecular flexibility index (Phi) is 5.55. The normalized spacial score (nSPS) is 12.5. The third-order valence-corrected chi connectivity index (χ3v) is 5.02. The Morgan fingerprint density at radius 2 is 1.92 bits per heavy atom. The Balaban J connectivity index is 1.96. The maximum atomic E-state index is 13.1. The molecule has 4 nitrogen and oxygen atoms in total. The van der Waals surface area contributed by atoms with E-state index in [-0.39, 0.29) is 23.8 Å². The van der Waals surface area contributed by atoms with Gasteiger partial charge in [0, 0.05) is 23.0 Å². The zero-order valence-electron chi connectivity index (χ0n) is 14.8. The van der Waals surface area contributed by atoms with E-state index in [1.165, 1.54) is 0 Å². The van der Waals surface area contributed by atoms with Gasteiger partial charge >= 0.3 is 0 Å². The van der Waals surface area contributed by atoms with Gasteiger partial charge in [0.25, 0.3) is 5.56 Å². The van der Waals surface area contributed by atoms with Crippen LogP contribution in [0.4, 0.5) is 0 Å². The van der Waals surface area contributed by atoms with Crippen molar-refractivity contribution < 1.29 is 4.79 Å². The second-order valence-corrected chi connectivity index (χ2v) is 6.77. The summed E-state index contributed by atoms with van der Waals surface area (Å²) in [5, 5.41) is 1.74. The SMILES string of the molecule is CCN(C)C(C(=O)Cc1cc2cc[nH]c(=O)c2cc1Cl)c1ccccc1. The molecule has 0 saturated carbocycles. The minimum atomic E-state index is -0.327. The third-order valence-electron chi connectivity index (χ3n) is 4.67. The van der Waals surface area contributed by atoms with E-state index in [1.807, 2.05) is 61.3 Å². The topological polar surface area (TPSA) is 53.2 Å². The lowest BCUT2D eigenvalue weighted by atomic mass is 9.95. The standard InChI is InChI=1S/C21H21ClN2O2/c1-3-24(2)20(14-7-5-4-6-8-14)19(25)12-16-11-15-9-10-23-21(26)17(15)13-18(16)22/h4-11,13,20H,3,12H2,1-2H3,(H,23,26). The summed E-state index contributed by atoms with van der Waals surface area (Å²) in [5.41, 5.74) is 1.52. The van der Waals surface area contributed by atoms with Crippen molar-refractivity contribution in [2.24, 2.45) is 0 Å². The molecule has 1 atom stereocenters. The number of halogens is 1. The van der Waals surface area contributed by atoms with E-state index in [0.29, 0.717) is 10.4 Å². The van der Waals surface area contributed by atoms with Crippen molar-refractivity contribution >= 4 is 28.2 Å². The fraction of sp³-hybridized carbons (Fsp3) is 0.238. The van der Waals surface area contributed by atoms with Gasteiger partial charge in [-0.25, -0.2) is 0 Å². The van der Waals surface area contributed by atoms with Crippen molar-refractivity contribution in [1.29, 1.82) is 0 Å². The van der Waals surface area contributed by atoms with Crippen LogP contribution in [0.1, 0.15) is 24.1 Å². The van der Waals surface area contributed by atoms with Crippen molar-refractivity contribution in [1.82, 2.24) is 9.88 Å². The fourth-order valence-electron chi connectivity index (χ4n) is 3.18. The first-order chi connectivity index (χ1) is 12.5. The summed E-state index contributed by atoms with van der Waals surface area (Å²) in [5.74, 6) is 0.0756. The number of benzene rings is 2. The molecule has 0 fully saturated rings. The number of fused-ring (bicyclic) bond motifs is 1. The molecule has 0 radical (unpaired) electrons. The van der Waals surface area contributed by atoms with Gasteiger partial charge in [-0.1, -0.05) is 48.9 Å². The van der Waals surface area contributed by atoms with Crippen molar-refractivity contribution in [2.45, 2.75) is 19.4 Å². The van der Waals surface area contributed by atoms with Gasteiger partial charge in [0.1, 0.15) is 0 Å². The molecule has 1 unspecified atom stereocenters. The van der Waals surface area contributed by atoms with Crippen LogP contribution in [0, 0.1) is 0 Å². The number of hydrogen-bond donors (Lipinski definition) is 1. The highest BCUT2D eigenvalue weighted by atomic mass is 35.5. The Bertz CT molecular complexity index is 982. The average molecular weight is 369 g/mol. The van der Waals surface area contributed by atoms with Crippen LogP contribution < -0.4 is 5.56 Å². The predicted molar refractivity (Wildman–Crippen MR) is 106 cm³/mol. The van der Waals surface area contributed by atoms with Gasteiger partial charge in [0.05, 0.1) is 6.04 Å². The molecule has 0 aliphatic rings. The molecule has 0 aliphatic carbocycles. The number of nitrogens with one attached hydrogen (secondary N) is 1. The van der Waals surface area contributed by atoms with Crippen molar-refractivity contribution in [3.8, 4) is 0 Å². The lowest BCUT2D eigenvalue weighted by Crippen LogP contribution is -2.31. The monoisotopic (exact) mass is 368 g/mol. The van der Waals surface area contributed by atoms with Gasteiger partial charge in [-0.2, -0.15) is 0 Å². The van der Waals surface area contributed by atoms with Crippen molar-refractivity contribution in [3.63, 3.8) is 0 Å². The number of rotatable bonds is 6. The van der Waals surface area contributed by atoms with Crippen molar-refractivity contribution in [3.05, 3.63) is 81.2 Å². The van der Waals surface area contributed by atoms with Crippen LogP contribution in [0.5, 0.6) is 0 Å². The molecule has 3 rings (SSSR count). The quantitative estimate of drug-likeness (QED) is 0.715. The number of H-pyrrole nitrogens is 1. The second-order valence-electron chi connectivity index (χ2n) is 6.37. The van der Waals surface area contributed by atoms with Gasteiger partial charge in [-0.15, -0.1) is 0 Å². The molecule has 134 valence electrons. The first-order valence-corrected chi connectivity index (χ1v) is 8.96. The van der Waals surface area contributed by atoms with E-state index < -0.39 is 0 Å². The highest BCUT2D eigenvalue weighted by molar-refractivity contribution is 6.32. The molecule has 0 saturated heterocycles.